The highest BCUT2D eigenvalue weighted by atomic mass is 35.5. The van der Waals surface area contributed by atoms with E-state index >= 15 is 0 Å². The SMILES string of the molecule is CC(Oc1cccc(Cl)c1)C(=O)NCc1ccccc1CN(C)C. The number of halogens is 1. The molecule has 1 atom stereocenters. The van der Waals surface area contributed by atoms with Gasteiger partial charge in [0.25, 0.3) is 5.91 Å². The van der Waals surface area contributed by atoms with Crippen LogP contribution in [0.15, 0.2) is 48.5 Å². The van der Waals surface area contributed by atoms with Gasteiger partial charge in [0.2, 0.25) is 0 Å². The Kier molecular flexibility index (Phi) is 6.64. The number of nitrogens with zero attached hydrogens (tertiary/aromatic N) is 1. The summed E-state index contributed by atoms with van der Waals surface area (Å²) in [4.78, 5) is 14.4. The smallest absolute Gasteiger partial charge is 0.261 e. The Labute approximate surface area is 148 Å². The van der Waals surface area contributed by atoms with E-state index < -0.39 is 6.10 Å². The van der Waals surface area contributed by atoms with Crippen LogP contribution in [0.2, 0.25) is 5.02 Å². The van der Waals surface area contributed by atoms with E-state index in [1.807, 2.05) is 32.3 Å². The summed E-state index contributed by atoms with van der Waals surface area (Å²) in [5.41, 5.74) is 2.31. The summed E-state index contributed by atoms with van der Waals surface area (Å²) in [5.74, 6) is 0.424. The fourth-order valence-electron chi connectivity index (χ4n) is 2.35. The van der Waals surface area contributed by atoms with Crippen LogP contribution >= 0.6 is 11.6 Å². The molecule has 0 radical (unpaired) electrons. The van der Waals surface area contributed by atoms with E-state index in [4.69, 9.17) is 16.3 Å². The van der Waals surface area contributed by atoms with Gasteiger partial charge in [-0.1, -0.05) is 41.9 Å². The third kappa shape index (κ3) is 5.55. The van der Waals surface area contributed by atoms with Crippen molar-refractivity contribution in [1.29, 1.82) is 0 Å². The van der Waals surface area contributed by atoms with Crippen LogP contribution < -0.4 is 10.1 Å². The molecule has 128 valence electrons. The Morgan fingerprint density at radius 1 is 1.17 bits per heavy atom. The molecule has 1 unspecified atom stereocenters. The molecule has 0 spiro atoms. The first-order valence-corrected chi connectivity index (χ1v) is 8.25. The summed E-state index contributed by atoms with van der Waals surface area (Å²) in [6, 6.07) is 15.1. The van der Waals surface area contributed by atoms with Crippen LogP contribution in [0.1, 0.15) is 18.1 Å². The average Bonchev–Trinajstić information content (AvgIpc) is 2.53. The number of ether oxygens (including phenoxy) is 1. The minimum absolute atomic E-state index is 0.158. The van der Waals surface area contributed by atoms with Crippen molar-refractivity contribution in [2.45, 2.75) is 26.1 Å². The number of carbonyl (C=O) groups excluding carboxylic acids is 1. The Morgan fingerprint density at radius 2 is 1.88 bits per heavy atom. The Hall–Kier alpha value is -2.04. The molecular weight excluding hydrogens is 324 g/mol. The van der Waals surface area contributed by atoms with Crippen molar-refractivity contribution in [3.63, 3.8) is 0 Å². The summed E-state index contributed by atoms with van der Waals surface area (Å²) in [6.45, 7) is 3.04. The second kappa shape index (κ2) is 8.71. The summed E-state index contributed by atoms with van der Waals surface area (Å²) in [7, 11) is 4.05. The maximum atomic E-state index is 12.3. The first-order valence-electron chi connectivity index (χ1n) is 7.87. The number of benzene rings is 2. The van der Waals surface area contributed by atoms with Crippen LogP contribution in [-0.2, 0) is 17.9 Å². The monoisotopic (exact) mass is 346 g/mol. The number of hydrogen-bond acceptors (Lipinski definition) is 3. The summed E-state index contributed by atoms with van der Waals surface area (Å²) in [6.07, 6.45) is -0.593. The van der Waals surface area contributed by atoms with Crippen molar-refractivity contribution in [2.75, 3.05) is 14.1 Å². The highest BCUT2D eigenvalue weighted by Crippen LogP contribution is 2.18. The molecule has 0 aliphatic heterocycles. The zero-order valence-corrected chi connectivity index (χ0v) is 15.0. The van der Waals surface area contributed by atoms with Gasteiger partial charge in [-0.15, -0.1) is 0 Å². The van der Waals surface area contributed by atoms with E-state index in [1.54, 1.807) is 31.2 Å². The lowest BCUT2D eigenvalue weighted by atomic mass is 10.1. The summed E-state index contributed by atoms with van der Waals surface area (Å²) in [5, 5.41) is 3.51. The van der Waals surface area contributed by atoms with Gasteiger partial charge in [-0.3, -0.25) is 4.79 Å². The highest BCUT2D eigenvalue weighted by molar-refractivity contribution is 6.30. The molecule has 2 aromatic carbocycles. The van der Waals surface area contributed by atoms with Gasteiger partial charge in [0.15, 0.2) is 6.10 Å². The summed E-state index contributed by atoms with van der Waals surface area (Å²) < 4.78 is 5.64. The van der Waals surface area contributed by atoms with Gasteiger partial charge >= 0.3 is 0 Å². The van der Waals surface area contributed by atoms with E-state index in [-0.39, 0.29) is 5.91 Å². The third-order valence-corrected chi connectivity index (χ3v) is 3.77. The van der Waals surface area contributed by atoms with Crippen LogP contribution in [0.5, 0.6) is 5.75 Å². The predicted molar refractivity (Wildman–Crippen MR) is 97.2 cm³/mol. The number of amides is 1. The van der Waals surface area contributed by atoms with E-state index in [0.29, 0.717) is 17.3 Å². The first kappa shape index (κ1) is 18.3. The molecule has 0 aliphatic carbocycles. The fraction of sp³-hybridized carbons (Fsp3) is 0.316. The van der Waals surface area contributed by atoms with E-state index in [1.165, 1.54) is 5.56 Å². The summed E-state index contributed by atoms with van der Waals surface area (Å²) >= 11 is 5.92. The fourth-order valence-corrected chi connectivity index (χ4v) is 2.53. The second-order valence-electron chi connectivity index (χ2n) is 5.94. The molecule has 0 aromatic heterocycles. The van der Waals surface area contributed by atoms with Crippen LogP contribution in [0, 0.1) is 0 Å². The zero-order valence-electron chi connectivity index (χ0n) is 14.3. The van der Waals surface area contributed by atoms with Crippen molar-refractivity contribution >= 4 is 17.5 Å². The van der Waals surface area contributed by atoms with Gasteiger partial charge in [0.05, 0.1) is 0 Å². The Morgan fingerprint density at radius 3 is 2.54 bits per heavy atom. The molecule has 2 aromatic rings. The molecule has 5 heteroatoms. The lowest BCUT2D eigenvalue weighted by Gasteiger charge is -2.17. The molecule has 1 N–H and O–H groups in total. The Bertz CT molecular complexity index is 689. The van der Waals surface area contributed by atoms with Crippen molar-refractivity contribution in [1.82, 2.24) is 10.2 Å². The van der Waals surface area contributed by atoms with Crippen molar-refractivity contribution < 1.29 is 9.53 Å². The van der Waals surface area contributed by atoms with Gasteiger partial charge < -0.3 is 15.0 Å². The molecule has 0 saturated heterocycles. The molecule has 0 bridgehead atoms. The van der Waals surface area contributed by atoms with E-state index in [0.717, 1.165) is 12.1 Å². The van der Waals surface area contributed by atoms with Gasteiger partial charge in [0, 0.05) is 18.1 Å². The number of rotatable bonds is 7. The van der Waals surface area contributed by atoms with Gasteiger partial charge in [-0.25, -0.2) is 0 Å². The predicted octanol–water partition coefficient (Wildman–Crippen LogP) is 3.49. The molecule has 0 aliphatic rings. The molecular formula is C19H23ClN2O2. The van der Waals surface area contributed by atoms with Crippen LogP contribution in [-0.4, -0.2) is 31.0 Å². The maximum absolute atomic E-state index is 12.3. The molecule has 0 heterocycles. The van der Waals surface area contributed by atoms with Gasteiger partial charge in [0.1, 0.15) is 5.75 Å². The van der Waals surface area contributed by atoms with E-state index in [9.17, 15) is 4.79 Å². The number of nitrogens with one attached hydrogen (secondary N) is 1. The molecule has 24 heavy (non-hydrogen) atoms. The highest BCUT2D eigenvalue weighted by Gasteiger charge is 2.15. The van der Waals surface area contributed by atoms with Crippen molar-refractivity contribution in [2.24, 2.45) is 0 Å². The lowest BCUT2D eigenvalue weighted by Crippen LogP contribution is -2.36. The first-order chi connectivity index (χ1) is 11.5. The largest absolute Gasteiger partial charge is 0.481 e. The maximum Gasteiger partial charge on any atom is 0.261 e. The second-order valence-corrected chi connectivity index (χ2v) is 6.38. The van der Waals surface area contributed by atoms with E-state index in [2.05, 4.69) is 16.3 Å². The van der Waals surface area contributed by atoms with Crippen molar-refractivity contribution in [3.05, 3.63) is 64.7 Å². The third-order valence-electron chi connectivity index (χ3n) is 3.54. The van der Waals surface area contributed by atoms with Crippen molar-refractivity contribution in [3.8, 4) is 5.75 Å². The topological polar surface area (TPSA) is 41.6 Å². The molecule has 2 rings (SSSR count). The average molecular weight is 347 g/mol. The van der Waals surface area contributed by atoms with Crippen LogP contribution in [0.3, 0.4) is 0 Å². The lowest BCUT2D eigenvalue weighted by molar-refractivity contribution is -0.127. The quantitative estimate of drug-likeness (QED) is 0.834. The minimum Gasteiger partial charge on any atom is -0.481 e. The molecule has 0 fully saturated rings. The normalized spacial score (nSPS) is 12.0. The molecule has 4 nitrogen and oxygen atoms in total. The standard InChI is InChI=1S/C19H23ClN2O2/c1-14(24-18-10-6-9-17(20)11-18)19(23)21-12-15-7-4-5-8-16(15)13-22(2)3/h4-11,14H,12-13H2,1-3H3,(H,21,23). The zero-order chi connectivity index (χ0) is 17.5. The minimum atomic E-state index is -0.593. The van der Waals surface area contributed by atoms with Crippen LogP contribution in [0.25, 0.3) is 0 Å². The molecule has 0 saturated carbocycles. The molecule has 1 amide bonds. The van der Waals surface area contributed by atoms with Gasteiger partial charge in [-0.2, -0.15) is 0 Å². The van der Waals surface area contributed by atoms with Gasteiger partial charge in [-0.05, 0) is 50.3 Å². The number of hydrogen-bond donors (Lipinski definition) is 1. The van der Waals surface area contributed by atoms with Crippen LogP contribution in [0.4, 0.5) is 0 Å². The Balaban J connectivity index is 1.93. The number of carbonyl (C=O) groups is 1.